The van der Waals surface area contributed by atoms with Gasteiger partial charge in [0.15, 0.2) is 5.78 Å². The van der Waals surface area contributed by atoms with E-state index >= 15 is 0 Å². The summed E-state index contributed by atoms with van der Waals surface area (Å²) in [6, 6.07) is 6.38. The number of ketones is 1. The summed E-state index contributed by atoms with van der Waals surface area (Å²) in [4.78, 5) is 11.7. The van der Waals surface area contributed by atoms with Crippen molar-refractivity contribution in [3.8, 4) is 5.75 Å². The van der Waals surface area contributed by atoms with Gasteiger partial charge >= 0.3 is 0 Å². The van der Waals surface area contributed by atoms with Crippen molar-refractivity contribution in [1.82, 2.24) is 0 Å². The minimum atomic E-state index is 0.0623. The number of rotatable bonds is 5. The lowest BCUT2D eigenvalue weighted by molar-refractivity contribution is -0.121. The van der Waals surface area contributed by atoms with E-state index in [2.05, 4.69) is 59.7 Å². The molecule has 0 aliphatic rings. The molecule has 0 saturated heterocycles. The Labute approximate surface area is 129 Å². The quantitative estimate of drug-likeness (QED) is 0.760. The van der Waals surface area contributed by atoms with Gasteiger partial charge in [0.05, 0.1) is 0 Å². The second-order valence-electron chi connectivity index (χ2n) is 7.82. The van der Waals surface area contributed by atoms with Gasteiger partial charge in [0.1, 0.15) is 12.4 Å². The number of hydrogen-bond acceptors (Lipinski definition) is 2. The minimum Gasteiger partial charge on any atom is -0.486 e. The zero-order valence-electron chi connectivity index (χ0n) is 14.7. The van der Waals surface area contributed by atoms with Crippen LogP contribution in [0.3, 0.4) is 0 Å². The molecule has 0 radical (unpaired) electrons. The van der Waals surface area contributed by atoms with Crippen LogP contribution < -0.4 is 4.74 Å². The third-order valence-corrected chi connectivity index (χ3v) is 3.57. The van der Waals surface area contributed by atoms with E-state index in [1.54, 1.807) is 0 Å². The summed E-state index contributed by atoms with van der Waals surface area (Å²) in [5, 5.41) is 0. The van der Waals surface area contributed by atoms with Gasteiger partial charge in [0, 0.05) is 6.42 Å². The fourth-order valence-electron chi connectivity index (χ4n) is 2.06. The topological polar surface area (TPSA) is 26.3 Å². The molecule has 1 aromatic rings. The molecule has 2 heteroatoms. The minimum absolute atomic E-state index is 0.0623. The molecule has 0 aliphatic heterocycles. The number of hydrogen-bond donors (Lipinski definition) is 0. The summed E-state index contributed by atoms with van der Waals surface area (Å²) in [6.45, 7) is 15.4. The van der Waals surface area contributed by atoms with Crippen molar-refractivity contribution in [1.29, 1.82) is 0 Å². The van der Waals surface area contributed by atoms with Crippen molar-refractivity contribution in [3.05, 3.63) is 29.3 Å². The molecule has 2 nitrogen and oxygen atoms in total. The van der Waals surface area contributed by atoms with Gasteiger partial charge in [-0.05, 0) is 40.5 Å². The molecule has 118 valence electrons. The van der Waals surface area contributed by atoms with E-state index in [1.807, 2.05) is 6.92 Å². The molecule has 0 N–H and O–H groups in total. The molecule has 0 saturated carbocycles. The van der Waals surface area contributed by atoms with Crippen LogP contribution >= 0.6 is 0 Å². The molecule has 0 aliphatic carbocycles. The number of Topliss-reactive ketones (excluding diaryl/α,β-unsaturated/α-hetero) is 1. The number of ether oxygens (including phenoxy) is 1. The molecule has 21 heavy (non-hydrogen) atoms. The molecule has 0 aromatic heterocycles. The first kappa shape index (κ1) is 17.7. The summed E-state index contributed by atoms with van der Waals surface area (Å²) in [5.74, 6) is 0.966. The van der Waals surface area contributed by atoms with Crippen molar-refractivity contribution in [3.63, 3.8) is 0 Å². The number of carbonyl (C=O) groups is 1. The molecule has 1 rings (SSSR count). The lowest BCUT2D eigenvalue weighted by Gasteiger charge is -2.26. The van der Waals surface area contributed by atoms with Crippen LogP contribution in [0, 0.1) is 0 Å². The van der Waals surface area contributed by atoms with Gasteiger partial charge in [0.25, 0.3) is 0 Å². The maximum Gasteiger partial charge on any atom is 0.170 e. The molecular formula is C19H30O2. The molecular weight excluding hydrogens is 260 g/mol. The predicted octanol–water partition coefficient (Wildman–Crippen LogP) is 5.03. The van der Waals surface area contributed by atoms with Crippen LogP contribution in [0.15, 0.2) is 18.2 Å². The fraction of sp³-hybridized carbons (Fsp3) is 0.632. The summed E-state index contributed by atoms with van der Waals surface area (Å²) in [5.41, 5.74) is 2.61. The highest BCUT2D eigenvalue weighted by molar-refractivity contribution is 5.79. The van der Waals surface area contributed by atoms with Crippen LogP contribution in [-0.2, 0) is 15.6 Å². The molecule has 0 bridgehead atoms. The number of carbonyl (C=O) groups excluding carboxylic acids is 1. The molecule has 0 atom stereocenters. The Hall–Kier alpha value is -1.31. The second-order valence-corrected chi connectivity index (χ2v) is 7.82. The van der Waals surface area contributed by atoms with E-state index < -0.39 is 0 Å². The lowest BCUT2D eigenvalue weighted by Crippen LogP contribution is -2.17. The van der Waals surface area contributed by atoms with Crippen LogP contribution in [0.25, 0.3) is 0 Å². The lowest BCUT2D eigenvalue weighted by atomic mass is 9.80. The maximum atomic E-state index is 11.7. The van der Waals surface area contributed by atoms with Crippen LogP contribution in [-0.4, -0.2) is 12.4 Å². The van der Waals surface area contributed by atoms with Crippen molar-refractivity contribution in [2.45, 2.75) is 72.1 Å². The van der Waals surface area contributed by atoms with Gasteiger partial charge in [-0.1, -0.05) is 54.5 Å². The summed E-state index contributed by atoms with van der Waals surface area (Å²) >= 11 is 0. The van der Waals surface area contributed by atoms with E-state index in [4.69, 9.17) is 4.74 Å². The zero-order chi connectivity index (χ0) is 16.3. The fourth-order valence-corrected chi connectivity index (χ4v) is 2.06. The Morgan fingerprint density at radius 2 is 1.43 bits per heavy atom. The van der Waals surface area contributed by atoms with E-state index in [0.717, 1.165) is 12.2 Å². The smallest absolute Gasteiger partial charge is 0.170 e. The van der Waals surface area contributed by atoms with Crippen molar-refractivity contribution in [2.24, 2.45) is 0 Å². The van der Waals surface area contributed by atoms with Crippen LogP contribution in [0.5, 0.6) is 5.75 Å². The van der Waals surface area contributed by atoms with E-state index in [9.17, 15) is 4.79 Å². The molecule has 0 unspecified atom stereocenters. The Kier molecular flexibility index (Phi) is 5.61. The van der Waals surface area contributed by atoms with Crippen molar-refractivity contribution >= 4 is 5.78 Å². The normalized spacial score (nSPS) is 12.3. The van der Waals surface area contributed by atoms with Crippen LogP contribution in [0.1, 0.15) is 72.4 Å². The highest BCUT2D eigenvalue weighted by Crippen LogP contribution is 2.32. The van der Waals surface area contributed by atoms with Gasteiger partial charge in [-0.25, -0.2) is 0 Å². The van der Waals surface area contributed by atoms with Gasteiger partial charge in [-0.3, -0.25) is 4.79 Å². The van der Waals surface area contributed by atoms with Gasteiger partial charge in [0.2, 0.25) is 0 Å². The van der Waals surface area contributed by atoms with Gasteiger partial charge in [-0.2, -0.15) is 0 Å². The van der Waals surface area contributed by atoms with Crippen LogP contribution in [0.2, 0.25) is 0 Å². The third kappa shape index (κ3) is 5.53. The Morgan fingerprint density at radius 1 is 0.952 bits per heavy atom. The predicted molar refractivity (Wildman–Crippen MR) is 89.3 cm³/mol. The molecule has 0 amide bonds. The standard InChI is InChI=1S/C19H30O2/c1-8-9-16(20)13-21-17-11-14(18(2,3)4)10-15(12-17)19(5,6)7/h10-12H,8-9,13H2,1-7H3. The Balaban J connectivity index is 3.06. The SMILES string of the molecule is CCCC(=O)COc1cc(C(C)(C)C)cc(C(C)(C)C)c1. The van der Waals surface area contributed by atoms with Gasteiger partial charge < -0.3 is 4.74 Å². The highest BCUT2D eigenvalue weighted by atomic mass is 16.5. The van der Waals surface area contributed by atoms with Gasteiger partial charge in [-0.15, -0.1) is 0 Å². The number of benzene rings is 1. The highest BCUT2D eigenvalue weighted by Gasteiger charge is 2.21. The zero-order valence-corrected chi connectivity index (χ0v) is 14.7. The summed E-state index contributed by atoms with van der Waals surface area (Å²) in [6.07, 6.45) is 1.46. The van der Waals surface area contributed by atoms with Crippen molar-refractivity contribution < 1.29 is 9.53 Å². The van der Waals surface area contributed by atoms with E-state index in [0.29, 0.717) is 6.42 Å². The molecule has 1 aromatic carbocycles. The Bertz CT molecular complexity index is 455. The maximum absolute atomic E-state index is 11.7. The van der Waals surface area contributed by atoms with Crippen LogP contribution in [0.4, 0.5) is 0 Å². The average molecular weight is 290 g/mol. The van der Waals surface area contributed by atoms with E-state index in [1.165, 1.54) is 11.1 Å². The average Bonchev–Trinajstić information content (AvgIpc) is 2.34. The first-order chi connectivity index (χ1) is 9.54. The second kappa shape index (κ2) is 6.64. The van der Waals surface area contributed by atoms with Crippen molar-refractivity contribution in [2.75, 3.05) is 6.61 Å². The van der Waals surface area contributed by atoms with E-state index in [-0.39, 0.29) is 23.2 Å². The molecule has 0 spiro atoms. The largest absolute Gasteiger partial charge is 0.486 e. The Morgan fingerprint density at radius 3 is 1.81 bits per heavy atom. The summed E-state index contributed by atoms with van der Waals surface area (Å²) in [7, 11) is 0. The first-order valence-corrected chi connectivity index (χ1v) is 7.84. The third-order valence-electron chi connectivity index (χ3n) is 3.57. The monoisotopic (exact) mass is 290 g/mol. The molecule has 0 heterocycles. The summed E-state index contributed by atoms with van der Waals surface area (Å²) < 4.78 is 5.74. The first-order valence-electron chi connectivity index (χ1n) is 7.84. The molecule has 0 fully saturated rings.